The van der Waals surface area contributed by atoms with Crippen LogP contribution in [0.3, 0.4) is 0 Å². The quantitative estimate of drug-likeness (QED) is 0.459. The molecule has 0 atom stereocenters. The van der Waals surface area contributed by atoms with Crippen molar-refractivity contribution in [2.24, 2.45) is 0 Å². The van der Waals surface area contributed by atoms with E-state index in [0.29, 0.717) is 13.2 Å². The van der Waals surface area contributed by atoms with Crippen molar-refractivity contribution in [3.8, 4) is 11.5 Å². The molecule has 0 bridgehead atoms. The number of pyridine rings is 1. The summed E-state index contributed by atoms with van der Waals surface area (Å²) in [4.78, 5) is 8.17. The highest BCUT2D eigenvalue weighted by Crippen LogP contribution is 2.31. The Morgan fingerprint density at radius 2 is 2.03 bits per heavy atom. The maximum absolute atomic E-state index is 6.08. The summed E-state index contributed by atoms with van der Waals surface area (Å²) in [6.45, 7) is 5.92. The lowest BCUT2D eigenvalue weighted by molar-refractivity contribution is 0.279. The van der Waals surface area contributed by atoms with Crippen LogP contribution in [0.25, 0.3) is 0 Å². The van der Waals surface area contributed by atoms with Crippen molar-refractivity contribution in [3.05, 3.63) is 66.5 Å². The Morgan fingerprint density at radius 1 is 1.10 bits per heavy atom. The van der Waals surface area contributed by atoms with Crippen LogP contribution in [0.4, 0.5) is 5.69 Å². The summed E-state index contributed by atoms with van der Waals surface area (Å²) in [7, 11) is 1.67. The van der Waals surface area contributed by atoms with Gasteiger partial charge in [-0.1, -0.05) is 12.1 Å². The van der Waals surface area contributed by atoms with Gasteiger partial charge in [-0.15, -0.1) is 0 Å². The second-order valence-corrected chi connectivity index (χ2v) is 6.75. The summed E-state index contributed by atoms with van der Waals surface area (Å²) >= 11 is 0. The molecule has 0 aliphatic rings. The fourth-order valence-corrected chi connectivity index (χ4v) is 3.05. The summed E-state index contributed by atoms with van der Waals surface area (Å²) in [5, 5.41) is 6.90. The molecule has 0 unspecified atom stereocenters. The van der Waals surface area contributed by atoms with Gasteiger partial charge < -0.3 is 24.7 Å². The van der Waals surface area contributed by atoms with E-state index in [0.717, 1.165) is 54.4 Å². The number of para-hydroxylation sites is 1. The first-order valence-electron chi connectivity index (χ1n) is 9.87. The number of hydrogen-bond acceptors (Lipinski definition) is 6. The van der Waals surface area contributed by atoms with Gasteiger partial charge in [-0.2, -0.15) is 0 Å². The van der Waals surface area contributed by atoms with Crippen molar-refractivity contribution < 1.29 is 9.47 Å². The average molecular weight is 396 g/mol. The summed E-state index contributed by atoms with van der Waals surface area (Å²) in [6, 6.07) is 7.99. The van der Waals surface area contributed by atoms with Crippen LogP contribution in [-0.4, -0.2) is 41.3 Å². The van der Waals surface area contributed by atoms with E-state index in [-0.39, 0.29) is 0 Å². The Morgan fingerprint density at radius 3 is 2.83 bits per heavy atom. The highest BCUT2D eigenvalue weighted by atomic mass is 16.5. The minimum Gasteiger partial charge on any atom is -0.493 e. The van der Waals surface area contributed by atoms with Crippen LogP contribution in [0.5, 0.6) is 11.5 Å². The molecule has 0 saturated carbocycles. The van der Waals surface area contributed by atoms with Gasteiger partial charge >= 0.3 is 0 Å². The molecule has 3 rings (SSSR count). The van der Waals surface area contributed by atoms with Gasteiger partial charge in [-0.25, -0.2) is 4.98 Å². The molecule has 2 aromatic heterocycles. The highest BCUT2D eigenvalue weighted by molar-refractivity contribution is 5.48. The van der Waals surface area contributed by atoms with E-state index in [1.54, 1.807) is 19.5 Å². The van der Waals surface area contributed by atoms with Crippen molar-refractivity contribution in [1.82, 2.24) is 19.9 Å². The lowest BCUT2D eigenvalue weighted by atomic mass is 10.2. The zero-order valence-corrected chi connectivity index (χ0v) is 17.1. The number of anilines is 1. The van der Waals surface area contributed by atoms with Crippen molar-refractivity contribution in [2.75, 3.05) is 32.1 Å². The molecule has 0 saturated heterocycles. The molecule has 2 heterocycles. The third-order valence-electron chi connectivity index (χ3n) is 4.60. The third-order valence-corrected chi connectivity index (χ3v) is 4.60. The Hall–Kier alpha value is -3.06. The fraction of sp³-hybridized carbons (Fsp3) is 0.364. The van der Waals surface area contributed by atoms with Gasteiger partial charge in [0, 0.05) is 62.2 Å². The van der Waals surface area contributed by atoms with Gasteiger partial charge in [-0.3, -0.25) is 4.98 Å². The predicted octanol–water partition coefficient (Wildman–Crippen LogP) is 3.27. The second-order valence-electron chi connectivity index (χ2n) is 6.75. The van der Waals surface area contributed by atoms with Gasteiger partial charge in [-0.05, 0) is 31.0 Å². The predicted molar refractivity (Wildman–Crippen MR) is 115 cm³/mol. The standard InChI is InChI=1S/C22H29N5O2/c1-18-15-23-8-7-20(18)26-10-9-24-16-19-5-3-6-21(28-2)22(19)29-14-4-12-27-13-11-25-17-27/h3,5-8,11,13,15,17,24H,4,9-10,12,14,16H2,1-2H3,(H,23,26). The van der Waals surface area contributed by atoms with Crippen LogP contribution >= 0.6 is 0 Å². The number of aryl methyl sites for hydroxylation is 2. The van der Waals surface area contributed by atoms with E-state index in [4.69, 9.17) is 9.47 Å². The van der Waals surface area contributed by atoms with Crippen molar-refractivity contribution >= 4 is 5.69 Å². The van der Waals surface area contributed by atoms with Crippen molar-refractivity contribution in [2.45, 2.75) is 26.4 Å². The van der Waals surface area contributed by atoms with Gasteiger partial charge in [0.05, 0.1) is 20.0 Å². The molecule has 0 amide bonds. The first-order valence-corrected chi connectivity index (χ1v) is 9.87. The first-order chi connectivity index (χ1) is 14.3. The number of rotatable bonds is 12. The molecule has 1 aromatic carbocycles. The van der Waals surface area contributed by atoms with Gasteiger partial charge in [0.1, 0.15) is 0 Å². The normalized spacial score (nSPS) is 10.7. The molecular formula is C22H29N5O2. The minimum absolute atomic E-state index is 0.619. The Balaban J connectivity index is 1.47. The largest absolute Gasteiger partial charge is 0.493 e. The number of hydrogen-bond donors (Lipinski definition) is 2. The number of aromatic nitrogens is 3. The van der Waals surface area contributed by atoms with E-state index in [9.17, 15) is 0 Å². The van der Waals surface area contributed by atoms with Crippen molar-refractivity contribution in [1.29, 1.82) is 0 Å². The van der Waals surface area contributed by atoms with E-state index < -0.39 is 0 Å². The highest BCUT2D eigenvalue weighted by Gasteiger charge is 2.10. The summed E-state index contributed by atoms with van der Waals surface area (Å²) in [6.07, 6.45) is 10.1. The molecule has 29 heavy (non-hydrogen) atoms. The average Bonchev–Trinajstić information content (AvgIpc) is 3.26. The maximum atomic E-state index is 6.08. The number of methoxy groups -OCH3 is 1. The van der Waals surface area contributed by atoms with Gasteiger partial charge in [0.15, 0.2) is 11.5 Å². The number of ether oxygens (including phenoxy) is 2. The summed E-state index contributed by atoms with van der Waals surface area (Å²) in [5.74, 6) is 1.57. The molecule has 7 nitrogen and oxygen atoms in total. The number of nitrogens with zero attached hydrogens (tertiary/aromatic N) is 3. The minimum atomic E-state index is 0.619. The third kappa shape index (κ3) is 6.22. The van der Waals surface area contributed by atoms with E-state index in [1.807, 2.05) is 41.5 Å². The zero-order chi connectivity index (χ0) is 20.3. The lowest BCUT2D eigenvalue weighted by Gasteiger charge is -2.16. The van der Waals surface area contributed by atoms with Crippen LogP contribution in [0.15, 0.2) is 55.4 Å². The molecule has 0 radical (unpaired) electrons. The monoisotopic (exact) mass is 395 g/mol. The first kappa shape index (κ1) is 20.7. The molecule has 0 spiro atoms. The lowest BCUT2D eigenvalue weighted by Crippen LogP contribution is -2.22. The fourth-order valence-electron chi connectivity index (χ4n) is 3.05. The SMILES string of the molecule is COc1cccc(CNCCNc2ccncc2C)c1OCCCn1ccnc1. The van der Waals surface area contributed by atoms with Crippen LogP contribution < -0.4 is 20.1 Å². The topological polar surface area (TPSA) is 73.2 Å². The molecule has 3 aromatic rings. The number of benzene rings is 1. The smallest absolute Gasteiger partial charge is 0.165 e. The van der Waals surface area contributed by atoms with Crippen LogP contribution in [0, 0.1) is 6.92 Å². The Bertz CT molecular complexity index is 867. The summed E-state index contributed by atoms with van der Waals surface area (Å²) in [5.41, 5.74) is 3.35. The van der Waals surface area contributed by atoms with Crippen molar-refractivity contribution in [3.63, 3.8) is 0 Å². The maximum Gasteiger partial charge on any atom is 0.165 e. The van der Waals surface area contributed by atoms with Gasteiger partial charge in [0.2, 0.25) is 0 Å². The van der Waals surface area contributed by atoms with Crippen LogP contribution in [0.1, 0.15) is 17.5 Å². The number of imidazole rings is 1. The number of nitrogens with one attached hydrogen (secondary N) is 2. The van der Waals surface area contributed by atoms with Gasteiger partial charge in [0.25, 0.3) is 0 Å². The summed E-state index contributed by atoms with van der Waals surface area (Å²) < 4.78 is 13.6. The van der Waals surface area contributed by atoms with E-state index >= 15 is 0 Å². The van der Waals surface area contributed by atoms with E-state index in [2.05, 4.69) is 33.6 Å². The Kier molecular flexibility index (Phi) is 7.89. The molecule has 154 valence electrons. The van der Waals surface area contributed by atoms with Crippen LogP contribution in [0.2, 0.25) is 0 Å². The molecule has 0 aliphatic heterocycles. The molecule has 7 heteroatoms. The zero-order valence-electron chi connectivity index (χ0n) is 17.1. The molecular weight excluding hydrogens is 366 g/mol. The van der Waals surface area contributed by atoms with Crippen LogP contribution in [-0.2, 0) is 13.1 Å². The molecule has 0 fully saturated rings. The Labute approximate surface area is 172 Å². The molecule has 0 aliphatic carbocycles. The van der Waals surface area contributed by atoms with E-state index in [1.165, 1.54) is 0 Å². The second kappa shape index (κ2) is 11.1. The molecule has 2 N–H and O–H groups in total.